The molecular formula is C11H21NO3. The third-order valence-electron chi connectivity index (χ3n) is 2.90. The van der Waals surface area contributed by atoms with Crippen LogP contribution in [0.15, 0.2) is 0 Å². The van der Waals surface area contributed by atoms with Gasteiger partial charge in [0.05, 0.1) is 0 Å². The number of ether oxygens (including phenoxy) is 1. The summed E-state index contributed by atoms with van der Waals surface area (Å²) in [5.74, 6) is -0.0567. The summed E-state index contributed by atoms with van der Waals surface area (Å²) < 4.78 is 5.26. The molecule has 1 aliphatic heterocycles. The maximum atomic E-state index is 10.9. The number of carboxylic acid groups (broad SMARTS) is 1. The van der Waals surface area contributed by atoms with Gasteiger partial charge in [-0.05, 0) is 31.2 Å². The second kappa shape index (κ2) is 6.08. The van der Waals surface area contributed by atoms with Crippen molar-refractivity contribution in [2.75, 3.05) is 19.8 Å². The molecule has 0 bridgehead atoms. The van der Waals surface area contributed by atoms with Gasteiger partial charge < -0.3 is 15.2 Å². The van der Waals surface area contributed by atoms with Gasteiger partial charge in [0, 0.05) is 13.2 Å². The Morgan fingerprint density at radius 1 is 1.47 bits per heavy atom. The summed E-state index contributed by atoms with van der Waals surface area (Å²) in [7, 11) is 0. The molecule has 88 valence electrons. The summed E-state index contributed by atoms with van der Waals surface area (Å²) in [5, 5.41) is 12.1. The predicted molar refractivity (Wildman–Crippen MR) is 57.8 cm³/mol. The van der Waals surface area contributed by atoms with E-state index in [2.05, 4.69) is 5.32 Å². The second-order valence-corrected chi connectivity index (χ2v) is 4.52. The van der Waals surface area contributed by atoms with Crippen molar-refractivity contribution in [3.05, 3.63) is 0 Å². The molecule has 1 heterocycles. The first-order valence-corrected chi connectivity index (χ1v) is 5.65. The first-order valence-electron chi connectivity index (χ1n) is 5.65. The topological polar surface area (TPSA) is 58.6 Å². The normalized spacial score (nSPS) is 20.5. The van der Waals surface area contributed by atoms with E-state index in [1.165, 1.54) is 0 Å². The molecule has 0 aromatic rings. The monoisotopic (exact) mass is 215 g/mol. The summed E-state index contributed by atoms with van der Waals surface area (Å²) in [6.45, 7) is 6.27. The van der Waals surface area contributed by atoms with Crippen LogP contribution in [0, 0.1) is 11.8 Å². The quantitative estimate of drug-likeness (QED) is 0.721. The van der Waals surface area contributed by atoms with Crippen molar-refractivity contribution in [1.29, 1.82) is 0 Å². The molecule has 1 saturated heterocycles. The number of hydrogen-bond acceptors (Lipinski definition) is 3. The minimum Gasteiger partial charge on any atom is -0.480 e. The van der Waals surface area contributed by atoms with Crippen LogP contribution in [-0.2, 0) is 9.53 Å². The number of carbonyl (C=O) groups is 1. The lowest BCUT2D eigenvalue weighted by molar-refractivity contribution is -0.140. The zero-order valence-electron chi connectivity index (χ0n) is 9.53. The van der Waals surface area contributed by atoms with Crippen LogP contribution in [0.3, 0.4) is 0 Å². The summed E-state index contributed by atoms with van der Waals surface area (Å²) in [4.78, 5) is 10.9. The second-order valence-electron chi connectivity index (χ2n) is 4.52. The Morgan fingerprint density at radius 2 is 2.07 bits per heavy atom. The van der Waals surface area contributed by atoms with Crippen molar-refractivity contribution in [3.63, 3.8) is 0 Å². The smallest absolute Gasteiger partial charge is 0.320 e. The van der Waals surface area contributed by atoms with Gasteiger partial charge in [-0.15, -0.1) is 0 Å². The average molecular weight is 215 g/mol. The lowest BCUT2D eigenvalue weighted by Crippen LogP contribution is -2.43. The highest BCUT2D eigenvalue weighted by Crippen LogP contribution is 2.14. The molecule has 1 unspecified atom stereocenters. The van der Waals surface area contributed by atoms with Gasteiger partial charge >= 0.3 is 5.97 Å². The Labute approximate surface area is 91.0 Å². The highest BCUT2D eigenvalue weighted by Gasteiger charge is 2.22. The van der Waals surface area contributed by atoms with E-state index in [0.717, 1.165) is 32.6 Å². The van der Waals surface area contributed by atoms with Gasteiger partial charge in [0.1, 0.15) is 6.04 Å². The fourth-order valence-electron chi connectivity index (χ4n) is 1.85. The van der Waals surface area contributed by atoms with E-state index in [4.69, 9.17) is 9.84 Å². The van der Waals surface area contributed by atoms with E-state index < -0.39 is 12.0 Å². The summed E-state index contributed by atoms with van der Waals surface area (Å²) in [5.41, 5.74) is 0. The number of carboxylic acids is 1. The standard InChI is InChI=1S/C11H21NO3/c1-8(2)10(11(13)14)12-7-9-3-5-15-6-4-9/h8-10,12H,3-7H2,1-2H3,(H,13,14). The van der Waals surface area contributed by atoms with E-state index in [1.54, 1.807) is 0 Å². The van der Waals surface area contributed by atoms with E-state index in [9.17, 15) is 4.79 Å². The van der Waals surface area contributed by atoms with E-state index in [1.807, 2.05) is 13.8 Å². The zero-order chi connectivity index (χ0) is 11.3. The zero-order valence-corrected chi connectivity index (χ0v) is 9.53. The van der Waals surface area contributed by atoms with E-state index >= 15 is 0 Å². The molecule has 4 nitrogen and oxygen atoms in total. The van der Waals surface area contributed by atoms with Crippen molar-refractivity contribution in [3.8, 4) is 0 Å². The molecule has 1 rings (SSSR count). The van der Waals surface area contributed by atoms with Gasteiger partial charge in [-0.1, -0.05) is 13.8 Å². The Bertz CT molecular complexity index is 200. The fourth-order valence-corrected chi connectivity index (χ4v) is 1.85. The Balaban J connectivity index is 2.29. The van der Waals surface area contributed by atoms with Crippen molar-refractivity contribution in [2.24, 2.45) is 11.8 Å². The first kappa shape index (κ1) is 12.5. The van der Waals surface area contributed by atoms with Crippen LogP contribution in [-0.4, -0.2) is 36.9 Å². The predicted octanol–water partition coefficient (Wildman–Crippen LogP) is 1.11. The maximum absolute atomic E-state index is 10.9. The number of aliphatic carboxylic acids is 1. The Kier molecular flexibility index (Phi) is 5.05. The molecule has 1 fully saturated rings. The summed E-state index contributed by atoms with van der Waals surface area (Å²) in [6.07, 6.45) is 2.08. The maximum Gasteiger partial charge on any atom is 0.320 e. The van der Waals surface area contributed by atoms with Gasteiger partial charge in [0.2, 0.25) is 0 Å². The molecule has 0 amide bonds. The van der Waals surface area contributed by atoms with Crippen LogP contribution >= 0.6 is 0 Å². The van der Waals surface area contributed by atoms with Crippen molar-refractivity contribution in [2.45, 2.75) is 32.7 Å². The molecule has 0 aliphatic carbocycles. The van der Waals surface area contributed by atoms with Crippen LogP contribution in [0.2, 0.25) is 0 Å². The SMILES string of the molecule is CC(C)C(NCC1CCOCC1)C(=O)O. The Hall–Kier alpha value is -0.610. The van der Waals surface area contributed by atoms with E-state index in [0.29, 0.717) is 5.92 Å². The lowest BCUT2D eigenvalue weighted by atomic mass is 9.98. The summed E-state index contributed by atoms with van der Waals surface area (Å²) in [6, 6.07) is -0.423. The number of hydrogen-bond donors (Lipinski definition) is 2. The highest BCUT2D eigenvalue weighted by molar-refractivity contribution is 5.73. The van der Waals surface area contributed by atoms with Crippen LogP contribution < -0.4 is 5.32 Å². The molecule has 0 saturated carbocycles. The average Bonchev–Trinajstić information content (AvgIpc) is 2.18. The summed E-state index contributed by atoms with van der Waals surface area (Å²) >= 11 is 0. The van der Waals surface area contributed by atoms with Crippen molar-refractivity contribution in [1.82, 2.24) is 5.32 Å². The molecule has 1 aliphatic rings. The molecule has 4 heteroatoms. The number of rotatable bonds is 5. The molecular weight excluding hydrogens is 194 g/mol. The molecule has 0 aromatic carbocycles. The Morgan fingerprint density at radius 3 is 2.53 bits per heavy atom. The fraction of sp³-hybridized carbons (Fsp3) is 0.909. The minimum absolute atomic E-state index is 0.127. The van der Waals surface area contributed by atoms with Gasteiger partial charge in [-0.3, -0.25) is 4.79 Å². The lowest BCUT2D eigenvalue weighted by Gasteiger charge is -2.25. The first-order chi connectivity index (χ1) is 7.11. The molecule has 0 spiro atoms. The van der Waals surface area contributed by atoms with Crippen LogP contribution in [0.5, 0.6) is 0 Å². The molecule has 15 heavy (non-hydrogen) atoms. The molecule has 0 radical (unpaired) electrons. The third-order valence-corrected chi connectivity index (χ3v) is 2.90. The van der Waals surface area contributed by atoms with Crippen LogP contribution in [0.4, 0.5) is 0 Å². The van der Waals surface area contributed by atoms with Gasteiger partial charge in [0.25, 0.3) is 0 Å². The van der Waals surface area contributed by atoms with Crippen LogP contribution in [0.25, 0.3) is 0 Å². The van der Waals surface area contributed by atoms with Crippen molar-refractivity contribution < 1.29 is 14.6 Å². The van der Waals surface area contributed by atoms with E-state index in [-0.39, 0.29) is 5.92 Å². The third kappa shape index (κ3) is 4.18. The van der Waals surface area contributed by atoms with Gasteiger partial charge in [0.15, 0.2) is 0 Å². The largest absolute Gasteiger partial charge is 0.480 e. The molecule has 0 aromatic heterocycles. The minimum atomic E-state index is -0.753. The van der Waals surface area contributed by atoms with Gasteiger partial charge in [-0.25, -0.2) is 0 Å². The molecule has 2 N–H and O–H groups in total. The molecule has 1 atom stereocenters. The number of nitrogens with one attached hydrogen (secondary N) is 1. The highest BCUT2D eigenvalue weighted by atomic mass is 16.5. The van der Waals surface area contributed by atoms with Crippen LogP contribution in [0.1, 0.15) is 26.7 Å². The van der Waals surface area contributed by atoms with Gasteiger partial charge in [-0.2, -0.15) is 0 Å². The van der Waals surface area contributed by atoms with Crippen molar-refractivity contribution >= 4 is 5.97 Å².